The van der Waals surface area contributed by atoms with Gasteiger partial charge in [-0.05, 0) is 19.8 Å². The number of hydrogen-bond donors (Lipinski definition) is 0. The quantitative estimate of drug-likeness (QED) is 0.472. The van der Waals surface area contributed by atoms with E-state index in [1.165, 1.54) is 0 Å². The Kier molecular flexibility index (Phi) is 2.97. The van der Waals surface area contributed by atoms with Crippen LogP contribution in [0.25, 0.3) is 0 Å². The van der Waals surface area contributed by atoms with E-state index < -0.39 is 0 Å². The number of hydrogen-bond acceptors (Lipinski definition) is 1. The summed E-state index contributed by atoms with van der Waals surface area (Å²) < 4.78 is 5.48. The monoisotopic (exact) mass is 174 g/mol. The number of ether oxygens (including phenoxy) is 1. The Bertz CT molecular complexity index is 146. The molecular formula is C9H15ClO. The van der Waals surface area contributed by atoms with E-state index in [0.29, 0.717) is 5.88 Å². The van der Waals surface area contributed by atoms with Gasteiger partial charge in [0.15, 0.2) is 0 Å². The maximum absolute atomic E-state index is 5.91. The summed E-state index contributed by atoms with van der Waals surface area (Å²) >= 11 is 5.91. The predicted octanol–water partition coefficient (Wildman–Crippen LogP) is 2.60. The second kappa shape index (κ2) is 3.59. The minimum Gasteiger partial charge on any atom is -0.378 e. The topological polar surface area (TPSA) is 9.23 Å². The van der Waals surface area contributed by atoms with Crippen LogP contribution in [0.4, 0.5) is 0 Å². The lowest BCUT2D eigenvalue weighted by atomic mass is 9.80. The molecule has 0 radical (unpaired) electrons. The Morgan fingerprint density at radius 2 is 2.55 bits per heavy atom. The second-order valence-electron chi connectivity index (χ2n) is 3.25. The third-order valence-corrected chi connectivity index (χ3v) is 3.18. The first-order valence-corrected chi connectivity index (χ1v) is 4.57. The molecule has 0 aromatic rings. The van der Waals surface area contributed by atoms with Gasteiger partial charge in [0, 0.05) is 17.9 Å². The molecule has 0 spiro atoms. The van der Waals surface area contributed by atoms with Crippen LogP contribution in [-0.2, 0) is 4.74 Å². The molecule has 0 aromatic carbocycles. The van der Waals surface area contributed by atoms with E-state index in [-0.39, 0.29) is 11.5 Å². The van der Waals surface area contributed by atoms with Gasteiger partial charge in [0.2, 0.25) is 0 Å². The third kappa shape index (κ3) is 1.60. The molecule has 2 unspecified atom stereocenters. The Hall–Kier alpha value is -0.0100. The summed E-state index contributed by atoms with van der Waals surface area (Å²) in [5.74, 6) is 0.681. The zero-order valence-corrected chi connectivity index (χ0v) is 7.73. The molecule has 1 rings (SSSR count). The lowest BCUT2D eigenvalue weighted by Crippen LogP contribution is -2.29. The highest BCUT2D eigenvalue weighted by Crippen LogP contribution is 2.39. The third-order valence-electron chi connectivity index (χ3n) is 2.65. The predicted molar refractivity (Wildman–Crippen MR) is 48.0 cm³/mol. The van der Waals surface area contributed by atoms with Gasteiger partial charge in [-0.2, -0.15) is 0 Å². The average Bonchev–Trinajstić information content (AvgIpc) is 2.35. The molecule has 0 saturated carbocycles. The first kappa shape index (κ1) is 9.08. The molecule has 1 aliphatic heterocycles. The fraction of sp³-hybridized carbons (Fsp3) is 0.778. The summed E-state index contributed by atoms with van der Waals surface area (Å²) in [6.45, 7) is 6.68. The van der Waals surface area contributed by atoms with Crippen LogP contribution in [0, 0.1) is 5.41 Å². The van der Waals surface area contributed by atoms with Gasteiger partial charge in [-0.1, -0.05) is 6.08 Å². The van der Waals surface area contributed by atoms with Crippen molar-refractivity contribution in [2.75, 3.05) is 12.5 Å². The van der Waals surface area contributed by atoms with Crippen molar-refractivity contribution in [2.45, 2.75) is 25.9 Å². The highest BCUT2D eigenvalue weighted by Gasteiger charge is 2.39. The Morgan fingerprint density at radius 3 is 2.91 bits per heavy atom. The smallest absolute Gasteiger partial charge is 0.0618 e. The lowest BCUT2D eigenvalue weighted by molar-refractivity contribution is 0.0747. The molecule has 64 valence electrons. The van der Waals surface area contributed by atoms with Crippen molar-refractivity contribution in [3.05, 3.63) is 12.7 Å². The zero-order chi connectivity index (χ0) is 8.32. The van der Waals surface area contributed by atoms with Gasteiger partial charge in [0.25, 0.3) is 0 Å². The van der Waals surface area contributed by atoms with Gasteiger partial charge in [-0.3, -0.25) is 0 Å². The summed E-state index contributed by atoms with van der Waals surface area (Å²) in [5.41, 5.74) is 0.170. The van der Waals surface area contributed by atoms with Gasteiger partial charge in [-0.15, -0.1) is 18.2 Å². The van der Waals surface area contributed by atoms with E-state index in [9.17, 15) is 0 Å². The number of allylic oxidation sites excluding steroid dienone is 1. The fourth-order valence-electron chi connectivity index (χ4n) is 1.60. The van der Waals surface area contributed by atoms with Gasteiger partial charge >= 0.3 is 0 Å². The van der Waals surface area contributed by atoms with E-state index in [4.69, 9.17) is 16.3 Å². The molecule has 1 nitrogen and oxygen atoms in total. The van der Waals surface area contributed by atoms with E-state index in [2.05, 4.69) is 13.5 Å². The fourth-order valence-corrected chi connectivity index (χ4v) is 2.06. The van der Waals surface area contributed by atoms with Gasteiger partial charge in [0.1, 0.15) is 0 Å². The minimum absolute atomic E-state index is 0.170. The molecule has 1 heterocycles. The Balaban J connectivity index is 2.64. The Morgan fingerprint density at radius 1 is 1.82 bits per heavy atom. The van der Waals surface area contributed by atoms with Crippen LogP contribution in [0.3, 0.4) is 0 Å². The molecule has 0 bridgehead atoms. The van der Waals surface area contributed by atoms with E-state index in [0.717, 1.165) is 19.4 Å². The first-order valence-electron chi connectivity index (χ1n) is 4.03. The molecule has 1 fully saturated rings. The Labute approximate surface area is 73.4 Å². The van der Waals surface area contributed by atoms with E-state index in [1.54, 1.807) is 0 Å². The van der Waals surface area contributed by atoms with Crippen LogP contribution in [0.15, 0.2) is 12.7 Å². The average molecular weight is 175 g/mol. The normalized spacial score (nSPS) is 37.5. The molecule has 0 N–H and O–H groups in total. The van der Waals surface area contributed by atoms with Crippen molar-refractivity contribution in [1.29, 1.82) is 0 Å². The van der Waals surface area contributed by atoms with Crippen LogP contribution >= 0.6 is 11.6 Å². The zero-order valence-electron chi connectivity index (χ0n) is 6.98. The van der Waals surface area contributed by atoms with E-state index in [1.807, 2.05) is 6.08 Å². The minimum atomic E-state index is 0.170. The maximum atomic E-state index is 5.91. The van der Waals surface area contributed by atoms with Gasteiger partial charge < -0.3 is 4.74 Å². The van der Waals surface area contributed by atoms with Crippen molar-refractivity contribution < 1.29 is 4.74 Å². The summed E-state index contributed by atoms with van der Waals surface area (Å²) in [6, 6.07) is 0. The lowest BCUT2D eigenvalue weighted by Gasteiger charge is -2.28. The van der Waals surface area contributed by atoms with Crippen molar-refractivity contribution >= 4 is 11.6 Å². The first-order chi connectivity index (χ1) is 5.25. The van der Waals surface area contributed by atoms with Crippen molar-refractivity contribution in [2.24, 2.45) is 5.41 Å². The van der Waals surface area contributed by atoms with Crippen LogP contribution < -0.4 is 0 Å². The second-order valence-corrected chi connectivity index (χ2v) is 3.52. The summed E-state index contributed by atoms with van der Waals surface area (Å²) in [4.78, 5) is 0. The molecule has 0 aromatic heterocycles. The molecule has 1 aliphatic rings. The van der Waals surface area contributed by atoms with Crippen LogP contribution in [0.5, 0.6) is 0 Å². The molecule has 1 saturated heterocycles. The number of halogens is 1. The van der Waals surface area contributed by atoms with Crippen molar-refractivity contribution in [3.63, 3.8) is 0 Å². The number of alkyl halides is 1. The van der Waals surface area contributed by atoms with Crippen molar-refractivity contribution in [3.8, 4) is 0 Å². The van der Waals surface area contributed by atoms with Crippen LogP contribution in [-0.4, -0.2) is 18.6 Å². The highest BCUT2D eigenvalue weighted by atomic mass is 35.5. The van der Waals surface area contributed by atoms with Crippen molar-refractivity contribution in [1.82, 2.24) is 0 Å². The largest absolute Gasteiger partial charge is 0.378 e. The summed E-state index contributed by atoms with van der Waals surface area (Å²) in [5, 5.41) is 0. The summed E-state index contributed by atoms with van der Waals surface area (Å²) in [6.07, 6.45) is 4.27. The number of rotatable bonds is 3. The highest BCUT2D eigenvalue weighted by molar-refractivity contribution is 6.18. The molecule has 2 heteroatoms. The molecular weight excluding hydrogens is 160 g/mol. The van der Waals surface area contributed by atoms with Crippen LogP contribution in [0.2, 0.25) is 0 Å². The standard InChI is InChI=1S/C9H15ClO/c1-3-4-9(7-10)5-6-11-8(9)2/h3,8H,1,4-7H2,2H3. The molecule has 0 amide bonds. The van der Waals surface area contributed by atoms with Gasteiger partial charge in [-0.25, -0.2) is 0 Å². The van der Waals surface area contributed by atoms with Gasteiger partial charge in [0.05, 0.1) is 6.10 Å². The molecule has 0 aliphatic carbocycles. The van der Waals surface area contributed by atoms with E-state index >= 15 is 0 Å². The van der Waals surface area contributed by atoms with Crippen LogP contribution in [0.1, 0.15) is 19.8 Å². The SMILES string of the molecule is C=CCC1(CCl)CCOC1C. The maximum Gasteiger partial charge on any atom is 0.0618 e. The molecule has 11 heavy (non-hydrogen) atoms. The molecule has 2 atom stereocenters. The summed E-state index contributed by atoms with van der Waals surface area (Å²) in [7, 11) is 0.